The lowest BCUT2D eigenvalue weighted by Crippen LogP contribution is -2.61. The van der Waals surface area contributed by atoms with E-state index in [4.69, 9.17) is 5.73 Å². The van der Waals surface area contributed by atoms with Crippen molar-refractivity contribution in [3.63, 3.8) is 0 Å². The van der Waals surface area contributed by atoms with E-state index in [9.17, 15) is 36.6 Å². The smallest absolute Gasteiger partial charge is 0.384 e. The number of hydrogen-bond acceptors (Lipinski definition) is 4. The summed E-state index contributed by atoms with van der Waals surface area (Å²) in [5.74, 6) is -8.50. The lowest BCUT2D eigenvalue weighted by atomic mass is 9.93. The number of halogens is 5. The highest BCUT2D eigenvalue weighted by Gasteiger charge is 2.51. The first-order valence-electron chi connectivity index (χ1n) is 8.76. The van der Waals surface area contributed by atoms with Crippen molar-refractivity contribution >= 4 is 11.8 Å². The SMILES string of the molecule is CC(C)[C@H](NC(=O)[C@@H](N)Cc1ccccc1)C(O)C(F)(F)C(=O)NCC(F)(F)F. The summed E-state index contributed by atoms with van der Waals surface area (Å²) in [6.45, 7) is 0.802. The van der Waals surface area contributed by atoms with Gasteiger partial charge in [0, 0.05) is 0 Å². The minimum absolute atomic E-state index is 0.0933. The van der Waals surface area contributed by atoms with Crippen molar-refractivity contribution in [1.29, 1.82) is 0 Å². The van der Waals surface area contributed by atoms with Crippen LogP contribution in [0.2, 0.25) is 0 Å². The number of benzene rings is 1. The third-order valence-corrected chi connectivity index (χ3v) is 4.13. The van der Waals surface area contributed by atoms with Crippen molar-refractivity contribution in [1.82, 2.24) is 10.6 Å². The van der Waals surface area contributed by atoms with E-state index in [2.05, 4.69) is 5.32 Å². The van der Waals surface area contributed by atoms with Gasteiger partial charge in [-0.1, -0.05) is 44.2 Å². The van der Waals surface area contributed by atoms with Gasteiger partial charge in [0.1, 0.15) is 12.6 Å². The van der Waals surface area contributed by atoms with Crippen molar-refractivity contribution in [2.24, 2.45) is 11.7 Å². The molecular weight excluding hydrogens is 401 g/mol. The van der Waals surface area contributed by atoms with E-state index in [1.807, 2.05) is 0 Å². The molecule has 0 spiro atoms. The average molecular weight is 425 g/mol. The minimum Gasteiger partial charge on any atom is -0.384 e. The summed E-state index contributed by atoms with van der Waals surface area (Å²) in [5.41, 5.74) is 6.49. The molecule has 0 aromatic heterocycles. The second-order valence-electron chi connectivity index (χ2n) is 6.94. The van der Waals surface area contributed by atoms with Gasteiger partial charge >= 0.3 is 12.1 Å². The Balaban J connectivity index is 2.83. The van der Waals surface area contributed by atoms with Gasteiger partial charge < -0.3 is 21.5 Å². The van der Waals surface area contributed by atoms with Crippen LogP contribution in [-0.4, -0.2) is 53.8 Å². The van der Waals surface area contributed by atoms with Gasteiger partial charge in [-0.15, -0.1) is 0 Å². The monoisotopic (exact) mass is 425 g/mol. The molecule has 1 aromatic carbocycles. The van der Waals surface area contributed by atoms with Crippen LogP contribution in [0.3, 0.4) is 0 Å². The molecule has 5 N–H and O–H groups in total. The average Bonchev–Trinajstić information content (AvgIpc) is 2.63. The van der Waals surface area contributed by atoms with E-state index in [0.29, 0.717) is 5.56 Å². The van der Waals surface area contributed by atoms with E-state index < -0.39 is 54.6 Å². The molecule has 1 unspecified atom stereocenters. The molecule has 3 atom stereocenters. The van der Waals surface area contributed by atoms with Gasteiger partial charge in [-0.25, -0.2) is 0 Å². The van der Waals surface area contributed by atoms with E-state index in [1.165, 1.54) is 13.8 Å². The largest absolute Gasteiger partial charge is 0.405 e. The zero-order valence-electron chi connectivity index (χ0n) is 15.8. The summed E-state index contributed by atoms with van der Waals surface area (Å²) in [6.07, 6.45) is -7.56. The predicted molar refractivity (Wildman–Crippen MR) is 94.9 cm³/mol. The van der Waals surface area contributed by atoms with Gasteiger partial charge in [0.05, 0.1) is 12.1 Å². The lowest BCUT2D eigenvalue weighted by molar-refractivity contribution is -0.174. The zero-order valence-corrected chi connectivity index (χ0v) is 15.8. The molecule has 11 heteroatoms. The van der Waals surface area contributed by atoms with Crippen molar-refractivity contribution in [2.75, 3.05) is 6.54 Å². The van der Waals surface area contributed by atoms with E-state index in [1.54, 1.807) is 30.3 Å². The number of carbonyl (C=O) groups is 2. The summed E-state index contributed by atoms with van der Waals surface area (Å²) in [4.78, 5) is 23.8. The first-order chi connectivity index (χ1) is 13.3. The Morgan fingerprint density at radius 3 is 2.14 bits per heavy atom. The second-order valence-corrected chi connectivity index (χ2v) is 6.94. The molecular formula is C18H24F5N3O3. The molecule has 0 radical (unpaired) electrons. The molecule has 0 saturated heterocycles. The molecule has 0 fully saturated rings. The number of rotatable bonds is 9. The maximum Gasteiger partial charge on any atom is 0.405 e. The van der Waals surface area contributed by atoms with Crippen LogP contribution < -0.4 is 16.4 Å². The molecule has 0 bridgehead atoms. The topological polar surface area (TPSA) is 104 Å². The molecule has 0 heterocycles. The van der Waals surface area contributed by atoms with Crippen LogP contribution in [0, 0.1) is 5.92 Å². The van der Waals surface area contributed by atoms with Gasteiger partial charge in [0.25, 0.3) is 5.91 Å². The van der Waals surface area contributed by atoms with Crippen molar-refractivity contribution in [2.45, 2.75) is 50.6 Å². The van der Waals surface area contributed by atoms with Gasteiger partial charge in [-0.2, -0.15) is 22.0 Å². The Labute approximate surface area is 164 Å². The summed E-state index contributed by atoms with van der Waals surface area (Å²) >= 11 is 0. The molecule has 0 aliphatic carbocycles. The second kappa shape index (κ2) is 9.97. The molecule has 0 aliphatic heterocycles. The van der Waals surface area contributed by atoms with E-state index in [-0.39, 0.29) is 6.42 Å². The summed E-state index contributed by atoms with van der Waals surface area (Å²) in [5, 5.41) is 13.2. The fraction of sp³-hybridized carbons (Fsp3) is 0.556. The van der Waals surface area contributed by atoms with Crippen LogP contribution in [0.1, 0.15) is 19.4 Å². The standard InChI is InChI=1S/C18H24F5N3O3/c1-10(2)13(14(27)18(22,23)16(29)25-9-17(19,20)21)26-15(28)12(24)8-11-6-4-3-5-7-11/h3-7,10,12-14,27H,8-9,24H2,1-2H3,(H,25,29)(H,26,28)/t12-,13-,14?/m0/s1. The third-order valence-electron chi connectivity index (χ3n) is 4.13. The van der Waals surface area contributed by atoms with Crippen molar-refractivity contribution < 1.29 is 36.6 Å². The van der Waals surface area contributed by atoms with Gasteiger partial charge in [0.15, 0.2) is 0 Å². The van der Waals surface area contributed by atoms with E-state index >= 15 is 0 Å². The van der Waals surface area contributed by atoms with Gasteiger partial charge in [-0.3, -0.25) is 9.59 Å². The summed E-state index contributed by atoms with van der Waals surface area (Å²) in [7, 11) is 0. The van der Waals surface area contributed by atoms with Crippen LogP contribution in [0.25, 0.3) is 0 Å². The Hall–Kier alpha value is -2.27. The minimum atomic E-state index is -4.90. The zero-order chi connectivity index (χ0) is 22.4. The van der Waals surface area contributed by atoms with Crippen LogP contribution in [0.15, 0.2) is 30.3 Å². The lowest BCUT2D eigenvalue weighted by Gasteiger charge is -2.32. The van der Waals surface area contributed by atoms with Crippen LogP contribution in [-0.2, 0) is 16.0 Å². The highest BCUT2D eigenvalue weighted by Crippen LogP contribution is 2.25. The highest BCUT2D eigenvalue weighted by atomic mass is 19.4. The fourth-order valence-electron chi connectivity index (χ4n) is 2.50. The Kier molecular flexibility index (Phi) is 8.51. The van der Waals surface area contributed by atoms with Crippen molar-refractivity contribution in [3.8, 4) is 0 Å². The molecule has 164 valence electrons. The van der Waals surface area contributed by atoms with Crippen molar-refractivity contribution in [3.05, 3.63) is 35.9 Å². The number of amides is 2. The number of alkyl halides is 5. The molecule has 1 aromatic rings. The first kappa shape index (κ1) is 24.8. The number of aliphatic hydroxyl groups is 1. The predicted octanol–water partition coefficient (Wildman–Crippen LogP) is 1.37. The Bertz CT molecular complexity index is 683. The summed E-state index contributed by atoms with van der Waals surface area (Å²) in [6, 6.07) is 5.87. The third kappa shape index (κ3) is 7.58. The maximum atomic E-state index is 14.2. The number of carbonyl (C=O) groups excluding carboxylic acids is 2. The van der Waals surface area contributed by atoms with Crippen LogP contribution >= 0.6 is 0 Å². The maximum absolute atomic E-state index is 14.2. The fourth-order valence-corrected chi connectivity index (χ4v) is 2.50. The van der Waals surface area contributed by atoms with Gasteiger partial charge in [-0.05, 0) is 17.9 Å². The normalized spacial score (nSPS) is 15.5. The molecule has 0 saturated carbocycles. The quantitative estimate of drug-likeness (QED) is 0.449. The molecule has 6 nitrogen and oxygen atoms in total. The number of aliphatic hydroxyl groups excluding tert-OH is 1. The summed E-state index contributed by atoms with van der Waals surface area (Å²) < 4.78 is 64.8. The van der Waals surface area contributed by atoms with E-state index in [0.717, 1.165) is 5.32 Å². The molecule has 29 heavy (non-hydrogen) atoms. The number of nitrogens with two attached hydrogens (primary N) is 1. The Morgan fingerprint density at radius 1 is 1.10 bits per heavy atom. The Morgan fingerprint density at radius 2 is 1.66 bits per heavy atom. The number of hydrogen-bond donors (Lipinski definition) is 4. The van der Waals surface area contributed by atoms with Crippen LogP contribution in [0.4, 0.5) is 22.0 Å². The molecule has 2 amide bonds. The molecule has 0 aliphatic rings. The number of nitrogens with one attached hydrogen (secondary N) is 2. The van der Waals surface area contributed by atoms with Gasteiger partial charge in [0.2, 0.25) is 5.91 Å². The highest BCUT2D eigenvalue weighted by molar-refractivity contribution is 5.85. The van der Waals surface area contributed by atoms with Crippen LogP contribution in [0.5, 0.6) is 0 Å². The first-order valence-corrected chi connectivity index (χ1v) is 8.76. The molecule has 1 rings (SSSR count).